The van der Waals surface area contributed by atoms with Crippen LogP contribution in [0.4, 0.5) is 10.1 Å². The molecule has 6 heteroatoms. The van der Waals surface area contributed by atoms with Crippen molar-refractivity contribution in [2.75, 3.05) is 18.2 Å². The van der Waals surface area contributed by atoms with E-state index in [9.17, 15) is 9.18 Å². The van der Waals surface area contributed by atoms with Gasteiger partial charge in [-0.05, 0) is 31.9 Å². The van der Waals surface area contributed by atoms with Crippen LogP contribution in [-0.2, 0) is 11.2 Å². The van der Waals surface area contributed by atoms with Crippen LogP contribution >= 0.6 is 0 Å². The highest BCUT2D eigenvalue weighted by Crippen LogP contribution is 2.41. The molecule has 0 aromatic heterocycles. The van der Waals surface area contributed by atoms with Crippen LogP contribution in [0.15, 0.2) is 35.5 Å². The first-order valence-electron chi connectivity index (χ1n) is 8.85. The first-order valence-corrected chi connectivity index (χ1v) is 8.85. The van der Waals surface area contributed by atoms with Gasteiger partial charge in [-0.2, -0.15) is 0 Å². The van der Waals surface area contributed by atoms with Crippen LogP contribution in [0.1, 0.15) is 31.4 Å². The number of carbonyl (C=O) groups excluding carboxylic acids is 1. The molecule has 1 aliphatic carbocycles. The van der Waals surface area contributed by atoms with E-state index in [1.165, 1.54) is 6.20 Å². The molecule has 0 unspecified atom stereocenters. The average molecular weight is 357 g/mol. The van der Waals surface area contributed by atoms with Crippen molar-refractivity contribution in [1.82, 2.24) is 0 Å². The standard InChI is InChI=1S/C20H24FN3O2/c1-13-3-6-18-19(24(13)14(2)25)8-7-17(20(18)26-10-9-21)15(11-22)12-23-16-4-5-16/h4-5,7-8,11-13,16H,3,6,9-10,22H2,1-2H3/t13-/m0/s1. The lowest BCUT2D eigenvalue weighted by Gasteiger charge is -2.36. The van der Waals surface area contributed by atoms with Crippen LogP contribution in [0.2, 0.25) is 0 Å². The molecule has 138 valence electrons. The minimum Gasteiger partial charge on any atom is -0.490 e. The van der Waals surface area contributed by atoms with E-state index in [0.717, 1.165) is 29.7 Å². The Morgan fingerprint density at radius 3 is 2.85 bits per heavy atom. The first-order chi connectivity index (χ1) is 12.6. The molecule has 0 saturated heterocycles. The molecule has 1 aromatic rings. The van der Waals surface area contributed by atoms with Gasteiger partial charge in [0.15, 0.2) is 0 Å². The van der Waals surface area contributed by atoms with Crippen molar-refractivity contribution < 1.29 is 13.9 Å². The van der Waals surface area contributed by atoms with Crippen LogP contribution < -0.4 is 15.4 Å². The van der Waals surface area contributed by atoms with E-state index in [1.807, 2.05) is 31.2 Å². The monoisotopic (exact) mass is 357 g/mol. The summed E-state index contributed by atoms with van der Waals surface area (Å²) in [6.45, 7) is 2.96. The molecule has 0 saturated carbocycles. The quantitative estimate of drug-likeness (QED) is 0.628. The minimum absolute atomic E-state index is 0.0152. The number of allylic oxidation sites excluding steroid dienone is 1. The summed E-state index contributed by atoms with van der Waals surface area (Å²) >= 11 is 0. The maximum Gasteiger partial charge on any atom is 0.224 e. The molecular formula is C20H24FN3O2. The van der Waals surface area contributed by atoms with Gasteiger partial charge >= 0.3 is 0 Å². The fraction of sp³-hybridized carbons (Fsp3) is 0.400. The number of ether oxygens (including phenoxy) is 1. The van der Waals surface area contributed by atoms with Crippen LogP contribution in [0.3, 0.4) is 0 Å². The Bertz CT molecular complexity index is 780. The summed E-state index contributed by atoms with van der Waals surface area (Å²) in [5.74, 6) is 0.573. The predicted molar refractivity (Wildman–Crippen MR) is 102 cm³/mol. The number of hydrogen-bond donors (Lipinski definition) is 1. The number of nitrogens with zero attached hydrogens (tertiary/aromatic N) is 2. The van der Waals surface area contributed by atoms with Crippen molar-refractivity contribution in [1.29, 1.82) is 0 Å². The molecule has 5 nitrogen and oxygen atoms in total. The van der Waals surface area contributed by atoms with Crippen LogP contribution in [-0.4, -0.2) is 37.5 Å². The first kappa shape index (κ1) is 18.2. The number of carbonyl (C=O) groups is 1. The van der Waals surface area contributed by atoms with E-state index >= 15 is 0 Å². The normalized spacial score (nSPS) is 19.7. The summed E-state index contributed by atoms with van der Waals surface area (Å²) in [4.78, 5) is 18.3. The minimum atomic E-state index is -0.586. The van der Waals surface area contributed by atoms with Gasteiger partial charge in [0, 0.05) is 42.1 Å². The van der Waals surface area contributed by atoms with Crippen molar-refractivity contribution in [3.8, 4) is 5.75 Å². The number of hydrogen-bond acceptors (Lipinski definition) is 4. The van der Waals surface area contributed by atoms with Crippen molar-refractivity contribution in [3.63, 3.8) is 0 Å². The highest BCUT2D eigenvalue weighted by molar-refractivity contribution is 6.11. The lowest BCUT2D eigenvalue weighted by atomic mass is 9.92. The second-order valence-corrected chi connectivity index (χ2v) is 6.53. The number of amides is 1. The van der Waals surface area contributed by atoms with Gasteiger partial charge in [-0.3, -0.25) is 9.79 Å². The van der Waals surface area contributed by atoms with E-state index in [1.54, 1.807) is 18.0 Å². The molecule has 3 rings (SSSR count). The number of aliphatic imine (C=N–C) groups is 1. The summed E-state index contributed by atoms with van der Waals surface area (Å²) < 4.78 is 18.6. The Hall–Kier alpha value is -2.63. The number of benzene rings is 1. The lowest BCUT2D eigenvalue weighted by Crippen LogP contribution is -2.40. The van der Waals surface area contributed by atoms with Gasteiger partial charge in [0.1, 0.15) is 19.0 Å². The van der Waals surface area contributed by atoms with Gasteiger partial charge in [0.25, 0.3) is 0 Å². The molecule has 1 heterocycles. The van der Waals surface area contributed by atoms with Gasteiger partial charge in [0.2, 0.25) is 5.91 Å². The summed E-state index contributed by atoms with van der Waals surface area (Å²) in [7, 11) is 0. The third kappa shape index (κ3) is 3.64. The van der Waals surface area contributed by atoms with E-state index in [2.05, 4.69) is 4.99 Å². The molecule has 1 aromatic carbocycles. The second-order valence-electron chi connectivity index (χ2n) is 6.53. The highest BCUT2D eigenvalue weighted by Gasteiger charge is 2.30. The van der Waals surface area contributed by atoms with Gasteiger partial charge in [-0.25, -0.2) is 4.39 Å². The van der Waals surface area contributed by atoms with Crippen molar-refractivity contribution in [3.05, 3.63) is 41.6 Å². The molecule has 26 heavy (non-hydrogen) atoms. The molecule has 1 aliphatic heterocycles. The van der Waals surface area contributed by atoms with Crippen LogP contribution in [0.25, 0.3) is 5.57 Å². The summed E-state index contributed by atoms with van der Waals surface area (Å²) in [6, 6.07) is 4.03. The molecule has 0 fully saturated rings. The number of anilines is 1. The van der Waals surface area contributed by atoms with E-state index in [-0.39, 0.29) is 24.6 Å². The molecular weight excluding hydrogens is 333 g/mol. The number of alkyl halides is 1. The number of halogens is 1. The van der Waals surface area contributed by atoms with E-state index < -0.39 is 6.67 Å². The summed E-state index contributed by atoms with van der Waals surface area (Å²) in [5, 5.41) is 0. The van der Waals surface area contributed by atoms with Crippen molar-refractivity contribution in [2.45, 2.75) is 38.8 Å². The number of nitrogens with two attached hydrogens (primary N) is 1. The molecule has 0 bridgehead atoms. The smallest absolute Gasteiger partial charge is 0.224 e. The molecule has 2 aliphatic rings. The summed E-state index contributed by atoms with van der Waals surface area (Å²) in [5.41, 5.74) is 9.04. The number of fused-ring (bicyclic) bond motifs is 1. The Balaban J connectivity index is 2.06. The highest BCUT2D eigenvalue weighted by atomic mass is 19.1. The maximum atomic E-state index is 12.8. The fourth-order valence-electron chi connectivity index (χ4n) is 3.34. The molecule has 0 radical (unpaired) electrons. The van der Waals surface area contributed by atoms with Crippen molar-refractivity contribution in [2.24, 2.45) is 10.7 Å². The van der Waals surface area contributed by atoms with Gasteiger partial charge in [0.05, 0.1) is 11.7 Å². The molecule has 2 N–H and O–H groups in total. The van der Waals surface area contributed by atoms with Gasteiger partial charge in [-0.1, -0.05) is 12.2 Å². The SMILES string of the molecule is CC(=O)N1c2ccc(C(C=NC3C=C3)=CN)c(OCCF)c2CC[C@@H]1C. The molecule has 1 atom stereocenters. The predicted octanol–water partition coefficient (Wildman–Crippen LogP) is 3.03. The molecule has 0 spiro atoms. The third-order valence-electron chi connectivity index (χ3n) is 4.65. The average Bonchev–Trinajstić information content (AvgIpc) is 3.44. The Kier molecular flexibility index (Phi) is 5.40. The van der Waals surface area contributed by atoms with E-state index in [4.69, 9.17) is 10.5 Å². The fourth-order valence-corrected chi connectivity index (χ4v) is 3.34. The Morgan fingerprint density at radius 1 is 1.46 bits per heavy atom. The van der Waals surface area contributed by atoms with Gasteiger partial charge < -0.3 is 15.4 Å². The molecule has 1 amide bonds. The Labute approximate surface area is 153 Å². The Morgan fingerprint density at radius 2 is 2.23 bits per heavy atom. The second kappa shape index (κ2) is 7.72. The topological polar surface area (TPSA) is 67.9 Å². The zero-order valence-electron chi connectivity index (χ0n) is 15.1. The maximum absolute atomic E-state index is 12.8. The van der Waals surface area contributed by atoms with Crippen LogP contribution in [0.5, 0.6) is 5.75 Å². The van der Waals surface area contributed by atoms with Gasteiger partial charge in [-0.15, -0.1) is 0 Å². The lowest BCUT2D eigenvalue weighted by molar-refractivity contribution is -0.117. The third-order valence-corrected chi connectivity index (χ3v) is 4.65. The van der Waals surface area contributed by atoms with Crippen LogP contribution in [0, 0.1) is 0 Å². The van der Waals surface area contributed by atoms with Crippen molar-refractivity contribution >= 4 is 23.4 Å². The summed E-state index contributed by atoms with van der Waals surface area (Å²) in [6.07, 6.45) is 8.72. The number of rotatable bonds is 6. The zero-order chi connectivity index (χ0) is 18.7. The largest absolute Gasteiger partial charge is 0.490 e. The van der Waals surface area contributed by atoms with E-state index in [0.29, 0.717) is 11.3 Å². The zero-order valence-corrected chi connectivity index (χ0v) is 15.1.